The molecule has 4 rings (SSSR count). The molecule has 5 heteroatoms. The zero-order valence-corrected chi connectivity index (χ0v) is 14.7. The molecule has 0 atom stereocenters. The molecule has 0 spiro atoms. The van der Waals surface area contributed by atoms with Crippen LogP contribution >= 0.6 is 0 Å². The van der Waals surface area contributed by atoms with Crippen LogP contribution in [0.3, 0.4) is 0 Å². The van der Waals surface area contributed by atoms with Gasteiger partial charge in [0.05, 0.1) is 11.4 Å². The van der Waals surface area contributed by atoms with Gasteiger partial charge in [-0.1, -0.05) is 24.3 Å². The Kier molecular flexibility index (Phi) is 4.19. The first-order valence-corrected chi connectivity index (χ1v) is 8.48. The van der Waals surface area contributed by atoms with Gasteiger partial charge in [-0.25, -0.2) is 9.67 Å². The molecule has 0 saturated carbocycles. The SMILES string of the molecule is Cc1ccnc(Nc2cc(-c3ncccc3C)nn2-c2ccccc2)c1. The summed E-state index contributed by atoms with van der Waals surface area (Å²) in [5.41, 5.74) is 4.91. The Labute approximate surface area is 152 Å². The maximum absolute atomic E-state index is 4.79. The molecule has 0 aliphatic heterocycles. The Hall–Kier alpha value is -3.47. The number of rotatable bonds is 4. The van der Waals surface area contributed by atoms with Crippen LogP contribution in [0.5, 0.6) is 0 Å². The Balaban J connectivity index is 1.82. The van der Waals surface area contributed by atoms with E-state index >= 15 is 0 Å². The molecule has 0 radical (unpaired) electrons. The van der Waals surface area contributed by atoms with Gasteiger partial charge in [0.25, 0.3) is 0 Å². The van der Waals surface area contributed by atoms with Crippen molar-refractivity contribution >= 4 is 11.6 Å². The van der Waals surface area contributed by atoms with Crippen LogP contribution in [-0.4, -0.2) is 19.7 Å². The van der Waals surface area contributed by atoms with Crippen LogP contribution in [0.15, 0.2) is 73.1 Å². The third-order valence-corrected chi connectivity index (χ3v) is 4.13. The summed E-state index contributed by atoms with van der Waals surface area (Å²) in [5.74, 6) is 1.63. The van der Waals surface area contributed by atoms with E-state index in [-0.39, 0.29) is 0 Å². The van der Waals surface area contributed by atoms with E-state index in [1.807, 2.05) is 79.2 Å². The van der Waals surface area contributed by atoms with Crippen LogP contribution in [0, 0.1) is 13.8 Å². The van der Waals surface area contributed by atoms with Crippen LogP contribution in [0.25, 0.3) is 17.1 Å². The number of benzene rings is 1. The van der Waals surface area contributed by atoms with Gasteiger partial charge in [0.1, 0.15) is 17.3 Å². The van der Waals surface area contributed by atoms with Crippen molar-refractivity contribution in [1.29, 1.82) is 0 Å². The van der Waals surface area contributed by atoms with Gasteiger partial charge in [0, 0.05) is 18.5 Å². The first-order chi connectivity index (χ1) is 12.7. The standard InChI is InChI=1S/C21H19N5/c1-15-10-12-22-19(13-15)24-20-14-18(21-16(2)7-6-11-23-21)25-26(20)17-8-4-3-5-9-17/h3-14H,1-2H3,(H,22,24). The van der Waals surface area contributed by atoms with Gasteiger partial charge in [-0.15, -0.1) is 0 Å². The van der Waals surface area contributed by atoms with Crippen LogP contribution < -0.4 is 5.32 Å². The highest BCUT2D eigenvalue weighted by Crippen LogP contribution is 2.27. The van der Waals surface area contributed by atoms with Gasteiger partial charge in [0.2, 0.25) is 0 Å². The van der Waals surface area contributed by atoms with Crippen LogP contribution in [0.2, 0.25) is 0 Å². The number of hydrogen-bond acceptors (Lipinski definition) is 4. The quantitative estimate of drug-likeness (QED) is 0.585. The molecule has 0 aliphatic carbocycles. The normalized spacial score (nSPS) is 10.7. The van der Waals surface area contributed by atoms with Gasteiger partial charge in [-0.3, -0.25) is 4.98 Å². The number of nitrogens with zero attached hydrogens (tertiary/aromatic N) is 4. The maximum Gasteiger partial charge on any atom is 0.136 e. The molecule has 0 saturated heterocycles. The molecule has 0 bridgehead atoms. The third kappa shape index (κ3) is 3.19. The Morgan fingerprint density at radius 2 is 1.69 bits per heavy atom. The fraction of sp³-hybridized carbons (Fsp3) is 0.0952. The minimum Gasteiger partial charge on any atom is -0.325 e. The second-order valence-corrected chi connectivity index (χ2v) is 6.17. The highest BCUT2D eigenvalue weighted by atomic mass is 15.3. The summed E-state index contributed by atoms with van der Waals surface area (Å²) in [6.07, 6.45) is 3.59. The van der Waals surface area contributed by atoms with E-state index in [1.54, 1.807) is 12.4 Å². The smallest absolute Gasteiger partial charge is 0.136 e. The van der Waals surface area contributed by atoms with E-state index in [9.17, 15) is 0 Å². The van der Waals surface area contributed by atoms with Crippen molar-refractivity contribution in [2.24, 2.45) is 0 Å². The predicted octanol–water partition coefficient (Wildman–Crippen LogP) is 4.69. The highest BCUT2D eigenvalue weighted by molar-refractivity contribution is 5.66. The molecule has 1 N–H and O–H groups in total. The minimum atomic E-state index is 0.784. The molecule has 0 fully saturated rings. The summed E-state index contributed by atoms with van der Waals surface area (Å²) >= 11 is 0. The van der Waals surface area contributed by atoms with Crippen molar-refractivity contribution in [3.63, 3.8) is 0 Å². The fourth-order valence-corrected chi connectivity index (χ4v) is 2.84. The van der Waals surface area contributed by atoms with Crippen molar-refractivity contribution in [2.75, 3.05) is 5.32 Å². The lowest BCUT2D eigenvalue weighted by Gasteiger charge is -2.09. The molecule has 5 nitrogen and oxygen atoms in total. The predicted molar refractivity (Wildman–Crippen MR) is 104 cm³/mol. The zero-order valence-electron chi connectivity index (χ0n) is 14.7. The Morgan fingerprint density at radius 1 is 0.846 bits per heavy atom. The number of pyridine rings is 2. The third-order valence-electron chi connectivity index (χ3n) is 4.13. The van der Waals surface area contributed by atoms with Crippen molar-refractivity contribution in [3.8, 4) is 17.1 Å². The molecule has 0 aliphatic rings. The molecule has 4 aromatic rings. The maximum atomic E-state index is 4.79. The van der Waals surface area contributed by atoms with E-state index in [0.29, 0.717) is 0 Å². The first-order valence-electron chi connectivity index (χ1n) is 8.48. The Morgan fingerprint density at radius 3 is 2.46 bits per heavy atom. The van der Waals surface area contributed by atoms with Gasteiger partial charge in [-0.2, -0.15) is 5.10 Å². The largest absolute Gasteiger partial charge is 0.325 e. The lowest BCUT2D eigenvalue weighted by Crippen LogP contribution is -2.03. The average Bonchev–Trinajstić information content (AvgIpc) is 3.06. The molecule has 0 amide bonds. The number of aryl methyl sites for hydroxylation is 2. The van der Waals surface area contributed by atoms with Crippen molar-refractivity contribution < 1.29 is 0 Å². The monoisotopic (exact) mass is 341 g/mol. The number of aromatic nitrogens is 4. The Bertz CT molecular complexity index is 1040. The lowest BCUT2D eigenvalue weighted by molar-refractivity contribution is 0.888. The molecular formula is C21H19N5. The van der Waals surface area contributed by atoms with Gasteiger partial charge in [-0.05, 0) is 55.3 Å². The van der Waals surface area contributed by atoms with E-state index in [4.69, 9.17) is 5.10 Å². The molecule has 0 unspecified atom stereocenters. The first kappa shape index (κ1) is 16.0. The van der Waals surface area contributed by atoms with Crippen molar-refractivity contribution in [1.82, 2.24) is 19.7 Å². The van der Waals surface area contributed by atoms with Crippen LogP contribution in [0.1, 0.15) is 11.1 Å². The second-order valence-electron chi connectivity index (χ2n) is 6.17. The van der Waals surface area contributed by atoms with E-state index < -0.39 is 0 Å². The second kappa shape index (κ2) is 6.80. The summed E-state index contributed by atoms with van der Waals surface area (Å²) in [5, 5.41) is 8.18. The molecular weight excluding hydrogens is 322 g/mol. The summed E-state index contributed by atoms with van der Waals surface area (Å²) in [4.78, 5) is 8.90. The zero-order chi connectivity index (χ0) is 17.9. The summed E-state index contributed by atoms with van der Waals surface area (Å²) < 4.78 is 1.88. The van der Waals surface area contributed by atoms with E-state index in [1.165, 1.54) is 0 Å². The molecule has 26 heavy (non-hydrogen) atoms. The van der Waals surface area contributed by atoms with Crippen molar-refractivity contribution in [3.05, 3.63) is 84.2 Å². The van der Waals surface area contributed by atoms with E-state index in [0.717, 1.165) is 39.8 Å². The molecule has 128 valence electrons. The highest BCUT2D eigenvalue weighted by Gasteiger charge is 2.14. The van der Waals surface area contributed by atoms with Crippen molar-refractivity contribution in [2.45, 2.75) is 13.8 Å². The molecule has 1 aromatic carbocycles. The molecule has 3 aromatic heterocycles. The van der Waals surface area contributed by atoms with E-state index in [2.05, 4.69) is 15.3 Å². The van der Waals surface area contributed by atoms with Gasteiger partial charge in [0.15, 0.2) is 0 Å². The number of nitrogens with one attached hydrogen (secondary N) is 1. The lowest BCUT2D eigenvalue weighted by atomic mass is 10.2. The summed E-state index contributed by atoms with van der Waals surface area (Å²) in [7, 11) is 0. The minimum absolute atomic E-state index is 0.784. The topological polar surface area (TPSA) is 55.6 Å². The molecule has 3 heterocycles. The summed E-state index contributed by atoms with van der Waals surface area (Å²) in [6, 6.07) is 20.0. The number of hydrogen-bond donors (Lipinski definition) is 1. The number of para-hydroxylation sites is 1. The average molecular weight is 341 g/mol. The van der Waals surface area contributed by atoms with Crippen LogP contribution in [-0.2, 0) is 0 Å². The number of anilines is 2. The van der Waals surface area contributed by atoms with Gasteiger partial charge < -0.3 is 5.32 Å². The van der Waals surface area contributed by atoms with Gasteiger partial charge >= 0.3 is 0 Å². The summed E-state index contributed by atoms with van der Waals surface area (Å²) in [6.45, 7) is 4.09. The fourth-order valence-electron chi connectivity index (χ4n) is 2.84. The van der Waals surface area contributed by atoms with Crippen LogP contribution in [0.4, 0.5) is 11.6 Å².